The van der Waals surface area contributed by atoms with Gasteiger partial charge in [0.1, 0.15) is 0 Å². The van der Waals surface area contributed by atoms with Crippen molar-refractivity contribution < 1.29 is 0 Å². The Morgan fingerprint density at radius 2 is 2.31 bits per heavy atom. The molecule has 0 fully saturated rings. The lowest BCUT2D eigenvalue weighted by Crippen LogP contribution is -2.21. The Bertz CT molecular complexity index is 299. The third-order valence-electron chi connectivity index (χ3n) is 3.10. The minimum Gasteiger partial charge on any atom is -0.269 e. The van der Waals surface area contributed by atoms with E-state index >= 15 is 0 Å². The topological polar surface area (TPSA) is 17.8 Å². The first-order valence-electron chi connectivity index (χ1n) is 5.12. The van der Waals surface area contributed by atoms with Crippen LogP contribution in [0.3, 0.4) is 0 Å². The molecule has 72 valence electrons. The van der Waals surface area contributed by atoms with Crippen molar-refractivity contribution in [2.24, 2.45) is 5.92 Å². The first kappa shape index (κ1) is 8.79. The van der Waals surface area contributed by atoms with Crippen molar-refractivity contribution in [1.82, 2.24) is 9.78 Å². The van der Waals surface area contributed by atoms with E-state index in [1.165, 1.54) is 18.5 Å². The molecule has 2 heterocycles. The Hall–Kier alpha value is -0.790. The van der Waals surface area contributed by atoms with Gasteiger partial charge in [-0.3, -0.25) is 4.68 Å². The second-order valence-electron chi connectivity index (χ2n) is 4.92. The lowest BCUT2D eigenvalue weighted by Gasteiger charge is -2.24. The summed E-state index contributed by atoms with van der Waals surface area (Å²) in [7, 11) is 0. The smallest absolute Gasteiger partial charge is 0.0492 e. The van der Waals surface area contributed by atoms with Gasteiger partial charge in [0, 0.05) is 23.9 Å². The molecule has 0 bridgehead atoms. The molecule has 0 aliphatic carbocycles. The summed E-state index contributed by atoms with van der Waals surface area (Å²) < 4.78 is 2.17. The lowest BCUT2D eigenvalue weighted by atomic mass is 9.81. The van der Waals surface area contributed by atoms with Gasteiger partial charge in [0.05, 0.1) is 0 Å². The first-order chi connectivity index (χ1) is 6.09. The average molecular weight is 178 g/mol. The number of aromatic nitrogens is 2. The van der Waals surface area contributed by atoms with E-state index in [2.05, 4.69) is 36.6 Å². The molecule has 0 radical (unpaired) electrons. The Morgan fingerprint density at radius 1 is 1.54 bits per heavy atom. The highest BCUT2D eigenvalue weighted by atomic mass is 15.3. The van der Waals surface area contributed by atoms with Crippen LogP contribution in [0.15, 0.2) is 12.3 Å². The van der Waals surface area contributed by atoms with Crippen LogP contribution in [0.2, 0.25) is 0 Å². The average Bonchev–Trinajstić information content (AvgIpc) is 2.44. The summed E-state index contributed by atoms with van der Waals surface area (Å²) in [5, 5.41) is 4.36. The molecule has 13 heavy (non-hydrogen) atoms. The van der Waals surface area contributed by atoms with Gasteiger partial charge < -0.3 is 0 Å². The predicted molar refractivity (Wildman–Crippen MR) is 53.7 cm³/mol. The van der Waals surface area contributed by atoms with Crippen molar-refractivity contribution in [3.05, 3.63) is 18.0 Å². The highest BCUT2D eigenvalue weighted by Gasteiger charge is 2.29. The molecule has 1 aliphatic rings. The summed E-state index contributed by atoms with van der Waals surface area (Å²) in [6, 6.07) is 2.16. The molecule has 2 rings (SSSR count). The Morgan fingerprint density at radius 3 is 3.08 bits per heavy atom. The minimum absolute atomic E-state index is 0.298. The third-order valence-corrected chi connectivity index (χ3v) is 3.10. The molecule has 0 saturated carbocycles. The van der Waals surface area contributed by atoms with Crippen LogP contribution >= 0.6 is 0 Å². The van der Waals surface area contributed by atoms with E-state index in [1.54, 1.807) is 0 Å². The summed E-state index contributed by atoms with van der Waals surface area (Å²) in [6.07, 6.45) is 4.46. The van der Waals surface area contributed by atoms with Crippen molar-refractivity contribution in [3.8, 4) is 0 Å². The van der Waals surface area contributed by atoms with E-state index in [-0.39, 0.29) is 0 Å². The zero-order valence-electron chi connectivity index (χ0n) is 8.75. The number of hydrogen-bond acceptors (Lipinski definition) is 1. The highest BCUT2D eigenvalue weighted by molar-refractivity contribution is 5.14. The maximum atomic E-state index is 4.36. The molecule has 1 aliphatic heterocycles. The van der Waals surface area contributed by atoms with Gasteiger partial charge >= 0.3 is 0 Å². The van der Waals surface area contributed by atoms with Crippen molar-refractivity contribution >= 4 is 0 Å². The fourth-order valence-electron chi connectivity index (χ4n) is 2.51. The fraction of sp³-hybridized carbons (Fsp3) is 0.727. The molecule has 1 unspecified atom stereocenters. The van der Waals surface area contributed by atoms with Crippen LogP contribution in [0.4, 0.5) is 0 Å². The van der Waals surface area contributed by atoms with Gasteiger partial charge in [-0.05, 0) is 24.8 Å². The molecule has 0 amide bonds. The summed E-state index contributed by atoms with van der Waals surface area (Å²) in [5.74, 6) is 0.816. The molecule has 0 aromatic carbocycles. The summed E-state index contributed by atoms with van der Waals surface area (Å²) in [6.45, 7) is 8.08. The Kier molecular flexibility index (Phi) is 1.94. The van der Waals surface area contributed by atoms with Gasteiger partial charge in [-0.2, -0.15) is 5.10 Å². The van der Waals surface area contributed by atoms with Crippen LogP contribution in [-0.4, -0.2) is 9.78 Å². The SMILES string of the molecule is CC1CCn2nccc2C(C)(C)C1. The number of nitrogens with zero attached hydrogens (tertiary/aromatic N) is 2. The van der Waals surface area contributed by atoms with Gasteiger partial charge in [0.25, 0.3) is 0 Å². The zero-order valence-corrected chi connectivity index (χ0v) is 8.75. The van der Waals surface area contributed by atoms with Crippen molar-refractivity contribution in [2.75, 3.05) is 0 Å². The third kappa shape index (κ3) is 1.50. The summed E-state index contributed by atoms with van der Waals surface area (Å²) >= 11 is 0. The van der Waals surface area contributed by atoms with Crippen molar-refractivity contribution in [1.29, 1.82) is 0 Å². The van der Waals surface area contributed by atoms with E-state index in [0.717, 1.165) is 12.5 Å². The van der Waals surface area contributed by atoms with Crippen LogP contribution in [0.5, 0.6) is 0 Å². The molecule has 1 aromatic rings. The Labute approximate surface area is 80.0 Å². The molecular formula is C11H18N2. The standard InChI is InChI=1S/C11H18N2/c1-9-5-7-13-10(4-6-12-13)11(2,3)8-9/h4,6,9H,5,7-8H2,1-3H3. The molecule has 0 spiro atoms. The van der Waals surface area contributed by atoms with E-state index < -0.39 is 0 Å². The summed E-state index contributed by atoms with van der Waals surface area (Å²) in [5.41, 5.74) is 1.70. The monoisotopic (exact) mass is 178 g/mol. The van der Waals surface area contributed by atoms with E-state index in [9.17, 15) is 0 Å². The number of hydrogen-bond donors (Lipinski definition) is 0. The van der Waals surface area contributed by atoms with E-state index in [4.69, 9.17) is 0 Å². The van der Waals surface area contributed by atoms with Crippen LogP contribution in [0, 0.1) is 5.92 Å². The quantitative estimate of drug-likeness (QED) is 0.597. The van der Waals surface area contributed by atoms with Gasteiger partial charge in [-0.1, -0.05) is 20.8 Å². The molecule has 1 aromatic heterocycles. The molecular weight excluding hydrogens is 160 g/mol. The maximum absolute atomic E-state index is 4.36. The first-order valence-corrected chi connectivity index (χ1v) is 5.12. The van der Waals surface area contributed by atoms with Gasteiger partial charge in [0.15, 0.2) is 0 Å². The van der Waals surface area contributed by atoms with Gasteiger partial charge in [-0.15, -0.1) is 0 Å². The zero-order chi connectivity index (χ0) is 9.47. The lowest BCUT2D eigenvalue weighted by molar-refractivity contribution is 0.380. The fourth-order valence-corrected chi connectivity index (χ4v) is 2.51. The van der Waals surface area contributed by atoms with Crippen LogP contribution in [0.1, 0.15) is 39.3 Å². The normalized spacial score (nSPS) is 26.5. The van der Waals surface area contributed by atoms with E-state index in [0.29, 0.717) is 5.41 Å². The van der Waals surface area contributed by atoms with Gasteiger partial charge in [0.2, 0.25) is 0 Å². The van der Waals surface area contributed by atoms with Crippen LogP contribution < -0.4 is 0 Å². The molecule has 2 nitrogen and oxygen atoms in total. The second kappa shape index (κ2) is 2.86. The minimum atomic E-state index is 0.298. The van der Waals surface area contributed by atoms with Crippen LogP contribution in [0.25, 0.3) is 0 Å². The Balaban J connectivity index is 2.40. The highest BCUT2D eigenvalue weighted by Crippen LogP contribution is 2.34. The molecule has 0 saturated heterocycles. The summed E-state index contributed by atoms with van der Waals surface area (Å²) in [4.78, 5) is 0. The van der Waals surface area contributed by atoms with Gasteiger partial charge in [-0.25, -0.2) is 0 Å². The van der Waals surface area contributed by atoms with Crippen molar-refractivity contribution in [2.45, 2.75) is 45.6 Å². The molecule has 1 atom stereocenters. The maximum Gasteiger partial charge on any atom is 0.0492 e. The molecule has 0 N–H and O–H groups in total. The number of fused-ring (bicyclic) bond motifs is 1. The predicted octanol–water partition coefficient (Wildman–Crippen LogP) is 2.59. The molecule has 2 heteroatoms. The van der Waals surface area contributed by atoms with E-state index in [1.807, 2.05) is 6.20 Å². The largest absolute Gasteiger partial charge is 0.269 e. The second-order valence-corrected chi connectivity index (χ2v) is 4.92. The van der Waals surface area contributed by atoms with Crippen molar-refractivity contribution in [3.63, 3.8) is 0 Å². The number of aryl methyl sites for hydroxylation is 1. The number of rotatable bonds is 0. The van der Waals surface area contributed by atoms with Crippen LogP contribution in [-0.2, 0) is 12.0 Å².